The number of piperazine rings is 1. The number of benzene rings is 1. The van der Waals surface area contributed by atoms with E-state index in [0.717, 1.165) is 26.2 Å². The molecule has 1 fully saturated rings. The van der Waals surface area contributed by atoms with Crippen molar-refractivity contribution in [2.45, 2.75) is 5.60 Å². The number of nitrogens with zero attached hydrogens (tertiary/aromatic N) is 1. The number of hydrogen-bond acceptors (Lipinski definition) is 4. The van der Waals surface area contributed by atoms with Crippen molar-refractivity contribution in [1.29, 1.82) is 0 Å². The van der Waals surface area contributed by atoms with Gasteiger partial charge in [0.2, 0.25) is 0 Å². The highest BCUT2D eigenvalue weighted by Crippen LogP contribution is 2.23. The fourth-order valence-electron chi connectivity index (χ4n) is 2.16. The minimum atomic E-state index is -1.48. The minimum absolute atomic E-state index is 0.304. The molecule has 0 aliphatic carbocycles. The topological polar surface area (TPSA) is 52.6 Å². The van der Waals surface area contributed by atoms with Crippen LogP contribution in [0.15, 0.2) is 24.3 Å². The molecule has 2 N–H and O–H groups in total. The van der Waals surface area contributed by atoms with Crippen LogP contribution < -0.4 is 5.32 Å². The van der Waals surface area contributed by atoms with Gasteiger partial charge in [-0.05, 0) is 17.7 Å². The number of nitrogens with one attached hydrogen (secondary N) is 1. The van der Waals surface area contributed by atoms with Gasteiger partial charge < -0.3 is 10.4 Å². The SMILES string of the molecule is O=CC(O)(CN1CCNCC1)c1cccc(Cl)c1. The van der Waals surface area contributed by atoms with Crippen LogP contribution in [-0.2, 0) is 10.4 Å². The Morgan fingerprint density at radius 1 is 1.44 bits per heavy atom. The van der Waals surface area contributed by atoms with Crippen molar-refractivity contribution in [3.63, 3.8) is 0 Å². The van der Waals surface area contributed by atoms with Gasteiger partial charge in [-0.25, -0.2) is 0 Å². The first-order valence-electron chi connectivity index (χ1n) is 6.02. The van der Waals surface area contributed by atoms with Crippen LogP contribution in [-0.4, -0.2) is 49.0 Å². The number of halogens is 1. The van der Waals surface area contributed by atoms with Crippen LogP contribution in [0, 0.1) is 0 Å². The molecular formula is C13H17ClN2O2. The highest BCUT2D eigenvalue weighted by molar-refractivity contribution is 6.30. The van der Waals surface area contributed by atoms with Crippen LogP contribution in [0.25, 0.3) is 0 Å². The maximum absolute atomic E-state index is 11.3. The third-order valence-corrected chi connectivity index (χ3v) is 3.43. The lowest BCUT2D eigenvalue weighted by molar-refractivity contribution is -0.127. The summed E-state index contributed by atoms with van der Waals surface area (Å²) in [4.78, 5) is 13.4. The maximum atomic E-state index is 11.3. The van der Waals surface area contributed by atoms with Crippen LogP contribution in [0.1, 0.15) is 5.56 Å². The van der Waals surface area contributed by atoms with Gasteiger partial charge in [0.05, 0.1) is 0 Å². The number of β-amino-alcohol motifs (C(OH)–C–C–N with tert-alkyl or cyclic N) is 1. The lowest BCUT2D eigenvalue weighted by Gasteiger charge is -2.33. The van der Waals surface area contributed by atoms with Crippen molar-refractivity contribution in [3.8, 4) is 0 Å². The summed E-state index contributed by atoms with van der Waals surface area (Å²) in [5, 5.41) is 14.2. The summed E-state index contributed by atoms with van der Waals surface area (Å²) in [5.41, 5.74) is -0.939. The smallest absolute Gasteiger partial charge is 0.157 e. The van der Waals surface area contributed by atoms with Crippen LogP contribution in [0.3, 0.4) is 0 Å². The summed E-state index contributed by atoms with van der Waals surface area (Å²) in [7, 11) is 0. The molecule has 1 saturated heterocycles. The molecular weight excluding hydrogens is 252 g/mol. The highest BCUT2D eigenvalue weighted by atomic mass is 35.5. The molecule has 0 aromatic heterocycles. The molecule has 1 aromatic carbocycles. The number of hydrogen-bond donors (Lipinski definition) is 2. The predicted molar refractivity (Wildman–Crippen MR) is 70.7 cm³/mol. The first-order valence-corrected chi connectivity index (χ1v) is 6.40. The molecule has 0 amide bonds. The molecule has 0 radical (unpaired) electrons. The van der Waals surface area contributed by atoms with E-state index in [1.807, 2.05) is 0 Å². The zero-order valence-corrected chi connectivity index (χ0v) is 10.9. The molecule has 0 saturated carbocycles. The second kappa shape index (κ2) is 5.80. The van der Waals surface area contributed by atoms with Gasteiger partial charge in [-0.1, -0.05) is 23.7 Å². The van der Waals surface area contributed by atoms with Gasteiger partial charge >= 0.3 is 0 Å². The molecule has 1 atom stereocenters. The normalized spacial score (nSPS) is 20.3. The molecule has 2 rings (SSSR count). The van der Waals surface area contributed by atoms with Crippen molar-refractivity contribution in [2.24, 2.45) is 0 Å². The Balaban J connectivity index is 2.16. The van der Waals surface area contributed by atoms with Crippen LogP contribution >= 0.6 is 11.6 Å². The van der Waals surface area contributed by atoms with Crippen molar-refractivity contribution in [1.82, 2.24) is 10.2 Å². The monoisotopic (exact) mass is 268 g/mol. The molecule has 5 heteroatoms. The fourth-order valence-corrected chi connectivity index (χ4v) is 2.35. The lowest BCUT2D eigenvalue weighted by Crippen LogP contribution is -2.50. The van der Waals surface area contributed by atoms with Gasteiger partial charge in [-0.2, -0.15) is 0 Å². The zero-order valence-electron chi connectivity index (χ0n) is 10.1. The molecule has 4 nitrogen and oxygen atoms in total. The van der Waals surface area contributed by atoms with E-state index in [1.54, 1.807) is 24.3 Å². The summed E-state index contributed by atoms with van der Waals surface area (Å²) in [6, 6.07) is 6.83. The van der Waals surface area contributed by atoms with E-state index in [-0.39, 0.29) is 0 Å². The van der Waals surface area contributed by atoms with Gasteiger partial charge in [-0.15, -0.1) is 0 Å². The third-order valence-electron chi connectivity index (χ3n) is 3.19. The van der Waals surface area contributed by atoms with E-state index in [2.05, 4.69) is 10.2 Å². The molecule has 1 aliphatic heterocycles. The van der Waals surface area contributed by atoms with Gasteiger partial charge in [0, 0.05) is 37.7 Å². The maximum Gasteiger partial charge on any atom is 0.157 e. The van der Waals surface area contributed by atoms with Crippen molar-refractivity contribution < 1.29 is 9.90 Å². The Hall–Kier alpha value is -0.940. The van der Waals surface area contributed by atoms with Gasteiger partial charge in [0.1, 0.15) is 0 Å². The second-order valence-corrected chi connectivity index (χ2v) is 5.02. The number of carbonyl (C=O) groups is 1. The average Bonchev–Trinajstić information content (AvgIpc) is 2.40. The second-order valence-electron chi connectivity index (χ2n) is 4.58. The first-order chi connectivity index (χ1) is 8.64. The van der Waals surface area contributed by atoms with E-state index in [1.165, 1.54) is 0 Å². The van der Waals surface area contributed by atoms with E-state index in [0.29, 0.717) is 23.4 Å². The Labute approximate surface area is 112 Å². The summed E-state index contributed by atoms with van der Waals surface area (Å²) >= 11 is 5.90. The Morgan fingerprint density at radius 3 is 2.78 bits per heavy atom. The molecule has 1 unspecified atom stereocenters. The van der Waals surface area contributed by atoms with E-state index in [4.69, 9.17) is 11.6 Å². The number of aliphatic hydroxyl groups is 1. The summed E-state index contributed by atoms with van der Waals surface area (Å²) in [5.74, 6) is 0. The Morgan fingerprint density at radius 2 is 2.17 bits per heavy atom. The predicted octanol–water partition coefficient (Wildman–Crippen LogP) is 0.632. The molecule has 1 heterocycles. The fraction of sp³-hybridized carbons (Fsp3) is 0.462. The van der Waals surface area contributed by atoms with Crippen molar-refractivity contribution in [2.75, 3.05) is 32.7 Å². The lowest BCUT2D eigenvalue weighted by atomic mass is 9.94. The largest absolute Gasteiger partial charge is 0.376 e. The number of carbonyl (C=O) groups excluding carboxylic acids is 1. The standard InChI is InChI=1S/C13H17ClN2O2/c14-12-3-1-2-11(8-12)13(18,10-17)9-16-6-4-15-5-7-16/h1-3,8,10,15,18H,4-7,9H2. The van der Waals surface area contributed by atoms with E-state index >= 15 is 0 Å². The van der Waals surface area contributed by atoms with Crippen LogP contribution in [0.5, 0.6) is 0 Å². The van der Waals surface area contributed by atoms with Gasteiger partial charge in [0.25, 0.3) is 0 Å². The zero-order chi connectivity index (χ0) is 13.0. The summed E-state index contributed by atoms with van der Waals surface area (Å²) in [6.45, 7) is 3.72. The van der Waals surface area contributed by atoms with Crippen LogP contribution in [0.4, 0.5) is 0 Å². The molecule has 1 aliphatic rings. The summed E-state index contributed by atoms with van der Waals surface area (Å²) in [6.07, 6.45) is 0.598. The molecule has 1 aromatic rings. The number of aldehydes is 1. The third kappa shape index (κ3) is 3.09. The number of rotatable bonds is 4. The van der Waals surface area contributed by atoms with Gasteiger partial charge in [0.15, 0.2) is 11.9 Å². The summed E-state index contributed by atoms with van der Waals surface area (Å²) < 4.78 is 0. The van der Waals surface area contributed by atoms with E-state index < -0.39 is 5.60 Å². The molecule has 0 bridgehead atoms. The van der Waals surface area contributed by atoms with Crippen molar-refractivity contribution in [3.05, 3.63) is 34.9 Å². The molecule has 98 valence electrons. The minimum Gasteiger partial charge on any atom is -0.376 e. The average molecular weight is 269 g/mol. The molecule has 18 heavy (non-hydrogen) atoms. The van der Waals surface area contributed by atoms with Crippen molar-refractivity contribution >= 4 is 17.9 Å². The van der Waals surface area contributed by atoms with Crippen LogP contribution in [0.2, 0.25) is 5.02 Å². The van der Waals surface area contributed by atoms with E-state index in [9.17, 15) is 9.90 Å². The highest BCUT2D eigenvalue weighted by Gasteiger charge is 2.31. The molecule has 0 spiro atoms. The first kappa shape index (κ1) is 13.5. The Kier molecular flexibility index (Phi) is 4.35. The van der Waals surface area contributed by atoms with Gasteiger partial charge in [-0.3, -0.25) is 9.69 Å². The Bertz CT molecular complexity index is 421. The quantitative estimate of drug-likeness (QED) is 0.787.